The van der Waals surface area contributed by atoms with Gasteiger partial charge in [-0.15, -0.1) is 11.8 Å². The van der Waals surface area contributed by atoms with Gasteiger partial charge < -0.3 is 5.32 Å². The number of rotatable bonds is 8. The molecule has 0 saturated carbocycles. The Bertz CT molecular complexity index is 879. The average molecular weight is 410 g/mol. The Kier molecular flexibility index (Phi) is 7.58. The molecule has 1 N–H and O–H groups in total. The fourth-order valence-electron chi connectivity index (χ4n) is 2.86. The van der Waals surface area contributed by atoms with Gasteiger partial charge in [-0.1, -0.05) is 54.1 Å². The molecular formula is C24H24ClNOS. The first-order valence-corrected chi connectivity index (χ1v) is 10.8. The molecule has 0 aliphatic rings. The van der Waals surface area contributed by atoms with Crippen molar-refractivity contribution in [3.8, 4) is 0 Å². The highest BCUT2D eigenvalue weighted by Crippen LogP contribution is 2.24. The van der Waals surface area contributed by atoms with Crippen molar-refractivity contribution in [2.24, 2.45) is 0 Å². The summed E-state index contributed by atoms with van der Waals surface area (Å²) in [5.74, 6) is 0.842. The minimum absolute atomic E-state index is 0.0162. The highest BCUT2D eigenvalue weighted by Gasteiger charge is 2.10. The van der Waals surface area contributed by atoms with E-state index in [0.29, 0.717) is 5.56 Å². The van der Waals surface area contributed by atoms with Crippen molar-refractivity contribution < 1.29 is 4.79 Å². The predicted octanol–water partition coefficient (Wildman–Crippen LogP) is 6.38. The molecule has 0 bridgehead atoms. The van der Waals surface area contributed by atoms with Crippen LogP contribution in [0.4, 0.5) is 0 Å². The Hall–Kier alpha value is -2.23. The lowest BCUT2D eigenvalue weighted by Crippen LogP contribution is -2.32. The lowest BCUT2D eigenvalue weighted by Gasteiger charge is -2.14. The normalized spacial score (nSPS) is 11.8. The maximum absolute atomic E-state index is 12.5. The Labute approximate surface area is 176 Å². The second kappa shape index (κ2) is 10.4. The first kappa shape index (κ1) is 20.5. The van der Waals surface area contributed by atoms with Crippen molar-refractivity contribution in [1.29, 1.82) is 0 Å². The Balaban J connectivity index is 1.46. The molecule has 0 fully saturated rings. The molecule has 1 amide bonds. The number of carbonyl (C=O) groups is 1. The maximum Gasteiger partial charge on any atom is 0.251 e. The smallest absolute Gasteiger partial charge is 0.251 e. The quantitative estimate of drug-likeness (QED) is 0.437. The molecule has 3 rings (SSSR count). The third-order valence-electron chi connectivity index (χ3n) is 4.52. The van der Waals surface area contributed by atoms with Gasteiger partial charge in [0.05, 0.1) is 0 Å². The molecule has 28 heavy (non-hydrogen) atoms. The van der Waals surface area contributed by atoms with Gasteiger partial charge in [0.15, 0.2) is 0 Å². The van der Waals surface area contributed by atoms with E-state index in [1.165, 1.54) is 16.0 Å². The number of halogens is 1. The van der Waals surface area contributed by atoms with Crippen LogP contribution in [-0.2, 0) is 12.2 Å². The second-order valence-electron chi connectivity index (χ2n) is 6.84. The SMILES string of the molecule is C[C@@H](CCc1ccccc1)NC(=O)c1ccc(CSc2ccc(Cl)cc2)cc1. The van der Waals surface area contributed by atoms with E-state index in [2.05, 4.69) is 24.4 Å². The van der Waals surface area contributed by atoms with Crippen molar-refractivity contribution in [3.63, 3.8) is 0 Å². The van der Waals surface area contributed by atoms with Gasteiger partial charge in [0.1, 0.15) is 0 Å². The van der Waals surface area contributed by atoms with Gasteiger partial charge in [0.25, 0.3) is 5.91 Å². The van der Waals surface area contributed by atoms with Gasteiger partial charge in [-0.05, 0) is 67.3 Å². The molecule has 144 valence electrons. The van der Waals surface area contributed by atoms with Crippen LogP contribution < -0.4 is 5.32 Å². The average Bonchev–Trinajstić information content (AvgIpc) is 2.73. The molecule has 0 unspecified atom stereocenters. The van der Waals surface area contributed by atoms with Crippen LogP contribution in [0.25, 0.3) is 0 Å². The molecule has 2 nitrogen and oxygen atoms in total. The predicted molar refractivity (Wildman–Crippen MR) is 119 cm³/mol. The van der Waals surface area contributed by atoms with Crippen LogP contribution >= 0.6 is 23.4 Å². The summed E-state index contributed by atoms with van der Waals surface area (Å²) in [6.07, 6.45) is 1.88. The van der Waals surface area contributed by atoms with E-state index in [9.17, 15) is 4.79 Å². The number of aryl methyl sites for hydroxylation is 1. The second-order valence-corrected chi connectivity index (χ2v) is 8.32. The number of nitrogens with one attached hydrogen (secondary N) is 1. The molecule has 0 radical (unpaired) electrons. The number of thioether (sulfide) groups is 1. The zero-order valence-corrected chi connectivity index (χ0v) is 17.5. The topological polar surface area (TPSA) is 29.1 Å². The number of benzene rings is 3. The first-order valence-electron chi connectivity index (χ1n) is 9.42. The number of hydrogen-bond donors (Lipinski definition) is 1. The summed E-state index contributed by atoms with van der Waals surface area (Å²) in [5.41, 5.74) is 3.19. The molecule has 0 aromatic heterocycles. The third-order valence-corrected chi connectivity index (χ3v) is 5.86. The maximum atomic E-state index is 12.5. The van der Waals surface area contributed by atoms with Crippen LogP contribution in [0.15, 0.2) is 83.8 Å². The molecule has 3 aromatic rings. The van der Waals surface area contributed by atoms with Gasteiger partial charge >= 0.3 is 0 Å². The zero-order valence-electron chi connectivity index (χ0n) is 15.9. The van der Waals surface area contributed by atoms with Crippen molar-refractivity contribution in [1.82, 2.24) is 5.32 Å². The third kappa shape index (κ3) is 6.43. The molecule has 0 spiro atoms. The zero-order chi connectivity index (χ0) is 19.8. The van der Waals surface area contributed by atoms with Gasteiger partial charge in [-0.25, -0.2) is 0 Å². The van der Waals surface area contributed by atoms with Crippen molar-refractivity contribution >= 4 is 29.3 Å². The monoisotopic (exact) mass is 409 g/mol. The van der Waals surface area contributed by atoms with Crippen LogP contribution in [0.1, 0.15) is 34.8 Å². The molecule has 1 atom stereocenters. The number of carbonyl (C=O) groups excluding carboxylic acids is 1. The van der Waals surface area contributed by atoms with Crippen molar-refractivity contribution in [2.45, 2.75) is 36.5 Å². The van der Waals surface area contributed by atoms with Gasteiger partial charge in [0.2, 0.25) is 0 Å². The summed E-state index contributed by atoms with van der Waals surface area (Å²) in [6.45, 7) is 2.05. The van der Waals surface area contributed by atoms with E-state index >= 15 is 0 Å². The van der Waals surface area contributed by atoms with E-state index in [-0.39, 0.29) is 11.9 Å². The van der Waals surface area contributed by atoms with Gasteiger partial charge in [-0.2, -0.15) is 0 Å². The molecular weight excluding hydrogens is 386 g/mol. The van der Waals surface area contributed by atoms with E-state index in [0.717, 1.165) is 23.6 Å². The summed E-state index contributed by atoms with van der Waals surface area (Å²) in [7, 11) is 0. The first-order chi connectivity index (χ1) is 13.6. The molecule has 4 heteroatoms. The standard InChI is InChI=1S/C24H24ClNOS/c1-18(7-8-19-5-3-2-4-6-19)26-24(27)21-11-9-20(10-12-21)17-28-23-15-13-22(25)14-16-23/h2-6,9-16,18H,7-8,17H2,1H3,(H,26,27)/t18-/m0/s1. The fourth-order valence-corrected chi connectivity index (χ4v) is 3.84. The van der Waals surface area contributed by atoms with Crippen LogP contribution in [0.5, 0.6) is 0 Å². The lowest BCUT2D eigenvalue weighted by atomic mass is 10.1. The van der Waals surface area contributed by atoms with Crippen LogP contribution in [-0.4, -0.2) is 11.9 Å². The van der Waals surface area contributed by atoms with Gasteiger partial charge in [0, 0.05) is 27.3 Å². The van der Waals surface area contributed by atoms with Gasteiger partial charge in [-0.3, -0.25) is 4.79 Å². The van der Waals surface area contributed by atoms with Crippen LogP contribution in [0, 0.1) is 0 Å². The molecule has 0 aliphatic heterocycles. The minimum Gasteiger partial charge on any atom is -0.350 e. The van der Waals surface area contributed by atoms with Crippen LogP contribution in [0.3, 0.4) is 0 Å². The molecule has 0 aliphatic carbocycles. The van der Waals surface area contributed by atoms with Crippen molar-refractivity contribution in [2.75, 3.05) is 0 Å². The molecule has 3 aromatic carbocycles. The highest BCUT2D eigenvalue weighted by molar-refractivity contribution is 7.98. The molecule has 0 saturated heterocycles. The van der Waals surface area contributed by atoms with Crippen LogP contribution in [0.2, 0.25) is 5.02 Å². The summed E-state index contributed by atoms with van der Waals surface area (Å²) < 4.78 is 0. The van der Waals surface area contributed by atoms with E-state index in [1.807, 2.05) is 66.7 Å². The Morgan fingerprint density at radius 3 is 2.29 bits per heavy atom. The summed E-state index contributed by atoms with van der Waals surface area (Å²) in [5, 5.41) is 3.84. The van der Waals surface area contributed by atoms with E-state index in [4.69, 9.17) is 11.6 Å². The summed E-state index contributed by atoms with van der Waals surface area (Å²) in [4.78, 5) is 13.6. The lowest BCUT2D eigenvalue weighted by molar-refractivity contribution is 0.0938. The summed E-state index contributed by atoms with van der Waals surface area (Å²) >= 11 is 7.67. The minimum atomic E-state index is -0.0162. The fraction of sp³-hybridized carbons (Fsp3) is 0.208. The van der Waals surface area contributed by atoms with E-state index < -0.39 is 0 Å². The Morgan fingerprint density at radius 1 is 0.929 bits per heavy atom. The highest BCUT2D eigenvalue weighted by atomic mass is 35.5. The Morgan fingerprint density at radius 2 is 1.61 bits per heavy atom. The van der Waals surface area contributed by atoms with Crippen molar-refractivity contribution in [3.05, 3.63) is 101 Å². The number of amides is 1. The largest absolute Gasteiger partial charge is 0.350 e. The number of hydrogen-bond acceptors (Lipinski definition) is 2. The summed E-state index contributed by atoms with van der Waals surface area (Å²) in [6, 6.07) is 26.2. The van der Waals surface area contributed by atoms with E-state index in [1.54, 1.807) is 11.8 Å². The molecule has 0 heterocycles.